The molecule has 0 unspecified atom stereocenters. The van der Waals surface area contributed by atoms with Gasteiger partial charge in [0.15, 0.2) is 16.6 Å². The average Bonchev–Trinajstić information content (AvgIpc) is 3.05. The van der Waals surface area contributed by atoms with Crippen LogP contribution < -0.4 is 4.18 Å². The van der Waals surface area contributed by atoms with Crippen molar-refractivity contribution >= 4 is 44.9 Å². The number of imide groups is 1. The van der Waals surface area contributed by atoms with Crippen molar-refractivity contribution < 1.29 is 40.1 Å². The molecule has 2 aliphatic rings. The monoisotopic (exact) mass is 536 g/mol. The molecule has 3 heterocycles. The van der Waals surface area contributed by atoms with Crippen molar-refractivity contribution in [2.24, 2.45) is 0 Å². The summed E-state index contributed by atoms with van der Waals surface area (Å²) in [5.74, 6) is -1.90. The summed E-state index contributed by atoms with van der Waals surface area (Å²) < 4.78 is 74.8. The Bertz CT molecular complexity index is 1300. The molecule has 2 aromatic rings. The number of amides is 2. The highest BCUT2D eigenvalue weighted by atomic mass is 32.2. The van der Waals surface area contributed by atoms with Crippen molar-refractivity contribution in [3.63, 3.8) is 0 Å². The van der Waals surface area contributed by atoms with E-state index in [2.05, 4.69) is 14.2 Å². The van der Waals surface area contributed by atoms with Crippen molar-refractivity contribution in [1.82, 2.24) is 19.4 Å². The van der Waals surface area contributed by atoms with Crippen molar-refractivity contribution in [3.8, 4) is 5.75 Å². The summed E-state index contributed by atoms with van der Waals surface area (Å²) in [5.41, 5.74) is -7.16. The number of aromatic nitrogens is 3. The van der Waals surface area contributed by atoms with Crippen molar-refractivity contribution in [2.75, 3.05) is 6.26 Å². The summed E-state index contributed by atoms with van der Waals surface area (Å²) in [5, 5.41) is 0.0757. The van der Waals surface area contributed by atoms with Crippen LogP contribution in [0.25, 0.3) is 11.0 Å². The third-order valence-electron chi connectivity index (χ3n) is 5.70. The summed E-state index contributed by atoms with van der Waals surface area (Å²) >= 11 is 1.16. The quantitative estimate of drug-likeness (QED) is 0.245. The maximum absolute atomic E-state index is 13.7. The molecule has 0 radical (unpaired) electrons. The molecule has 35 heavy (non-hydrogen) atoms. The lowest BCUT2D eigenvalue weighted by molar-refractivity contribution is -0.0500. The molecule has 1 aliphatic heterocycles. The zero-order valence-corrected chi connectivity index (χ0v) is 20.9. The smallest absolute Gasteiger partial charge is 0.443 e. The Balaban J connectivity index is 1.99. The minimum Gasteiger partial charge on any atom is -0.443 e. The second-order valence-electron chi connectivity index (χ2n) is 9.20. The fourth-order valence-corrected chi connectivity index (χ4v) is 5.21. The van der Waals surface area contributed by atoms with E-state index in [9.17, 15) is 31.2 Å². The minimum atomic E-state index is -6.14. The number of halogens is 3. The SMILES string of the molecule is CSc1ncc2c(OS(=O)(=O)C(F)(F)F)c3n(c2n1)[C@@H]1CCCC[C@H]1N(C(=O)OC(C)(C)C)C3=O. The Morgan fingerprint density at radius 3 is 2.37 bits per heavy atom. The number of fused-ring (bicyclic) bond motifs is 5. The van der Waals surface area contributed by atoms with Crippen LogP contribution in [0, 0.1) is 0 Å². The molecule has 4 rings (SSSR count). The van der Waals surface area contributed by atoms with E-state index in [0.29, 0.717) is 25.7 Å². The van der Waals surface area contributed by atoms with Crippen LogP contribution >= 0.6 is 11.8 Å². The molecular weight excluding hydrogens is 513 g/mol. The molecule has 192 valence electrons. The van der Waals surface area contributed by atoms with Crippen LogP contribution in [0.2, 0.25) is 0 Å². The fourth-order valence-electron chi connectivity index (χ4n) is 4.39. The molecule has 0 N–H and O–H groups in total. The molecule has 2 amide bonds. The Hall–Kier alpha value is -2.55. The third-order valence-corrected chi connectivity index (χ3v) is 7.22. The first kappa shape index (κ1) is 25.5. The van der Waals surface area contributed by atoms with Gasteiger partial charge in [-0.15, -0.1) is 0 Å². The van der Waals surface area contributed by atoms with E-state index >= 15 is 0 Å². The normalized spacial score (nSPS) is 21.0. The van der Waals surface area contributed by atoms with Gasteiger partial charge in [-0.2, -0.15) is 21.6 Å². The van der Waals surface area contributed by atoms with Gasteiger partial charge >= 0.3 is 21.7 Å². The van der Waals surface area contributed by atoms with E-state index in [-0.39, 0.29) is 16.2 Å². The zero-order chi connectivity index (χ0) is 25.9. The summed E-state index contributed by atoms with van der Waals surface area (Å²) in [6.07, 6.45) is 4.16. The van der Waals surface area contributed by atoms with Crippen LogP contribution in [-0.2, 0) is 14.9 Å². The lowest BCUT2D eigenvalue weighted by Crippen LogP contribution is -2.55. The number of nitrogens with zero attached hydrogens (tertiary/aromatic N) is 4. The van der Waals surface area contributed by atoms with Crippen molar-refractivity contribution in [3.05, 3.63) is 11.9 Å². The predicted molar refractivity (Wildman–Crippen MR) is 119 cm³/mol. The Labute approximate surface area is 203 Å². The van der Waals surface area contributed by atoms with Gasteiger partial charge in [0.05, 0.1) is 17.5 Å². The van der Waals surface area contributed by atoms with Gasteiger partial charge in [-0.25, -0.2) is 19.7 Å². The zero-order valence-electron chi connectivity index (χ0n) is 19.2. The highest BCUT2D eigenvalue weighted by Crippen LogP contribution is 2.46. The summed E-state index contributed by atoms with van der Waals surface area (Å²) in [7, 11) is -6.14. The number of alkyl halides is 3. The third kappa shape index (κ3) is 4.43. The first-order valence-electron chi connectivity index (χ1n) is 10.7. The van der Waals surface area contributed by atoms with E-state index in [4.69, 9.17) is 4.74 Å². The first-order valence-corrected chi connectivity index (χ1v) is 13.3. The van der Waals surface area contributed by atoms with E-state index in [0.717, 1.165) is 22.9 Å². The predicted octanol–water partition coefficient (Wildman–Crippen LogP) is 4.26. The lowest BCUT2D eigenvalue weighted by Gasteiger charge is -2.43. The van der Waals surface area contributed by atoms with Gasteiger partial charge in [0.2, 0.25) is 0 Å². The Kier molecular flexibility index (Phi) is 6.23. The Morgan fingerprint density at radius 2 is 1.80 bits per heavy atom. The van der Waals surface area contributed by atoms with Gasteiger partial charge in [-0.1, -0.05) is 24.6 Å². The van der Waals surface area contributed by atoms with Crippen molar-refractivity contribution in [2.45, 2.75) is 74.8 Å². The molecule has 0 spiro atoms. The number of carbonyl (C=O) groups is 2. The van der Waals surface area contributed by atoms with Gasteiger partial charge in [0.1, 0.15) is 11.2 Å². The highest BCUT2D eigenvalue weighted by Gasteiger charge is 2.52. The molecule has 2 aromatic heterocycles. The second-order valence-corrected chi connectivity index (χ2v) is 11.5. The number of hydrogen-bond donors (Lipinski definition) is 0. The average molecular weight is 537 g/mol. The first-order chi connectivity index (χ1) is 16.2. The van der Waals surface area contributed by atoms with Crippen LogP contribution in [0.1, 0.15) is 63.0 Å². The molecular formula is C20H23F3N4O6S2. The molecule has 1 aliphatic carbocycles. The number of carbonyl (C=O) groups excluding carboxylic acids is 2. The summed E-state index contributed by atoms with van der Waals surface area (Å²) in [6.45, 7) is 4.83. The van der Waals surface area contributed by atoms with E-state index < -0.39 is 56.8 Å². The van der Waals surface area contributed by atoms with Gasteiger partial charge in [-0.05, 0) is 39.9 Å². The van der Waals surface area contributed by atoms with Crippen LogP contribution in [0.5, 0.6) is 5.75 Å². The largest absolute Gasteiger partial charge is 0.534 e. The number of ether oxygens (including phenoxy) is 1. The molecule has 15 heteroatoms. The van der Waals surface area contributed by atoms with E-state index in [1.807, 2.05) is 0 Å². The van der Waals surface area contributed by atoms with Crippen molar-refractivity contribution in [1.29, 1.82) is 0 Å². The highest BCUT2D eigenvalue weighted by molar-refractivity contribution is 7.98. The molecule has 1 fully saturated rings. The number of hydrogen-bond acceptors (Lipinski definition) is 9. The Morgan fingerprint density at radius 1 is 1.17 bits per heavy atom. The van der Waals surface area contributed by atoms with Gasteiger partial charge in [0, 0.05) is 6.20 Å². The lowest BCUT2D eigenvalue weighted by atomic mass is 9.87. The fraction of sp³-hybridized carbons (Fsp3) is 0.600. The number of rotatable bonds is 3. The molecule has 0 saturated heterocycles. The molecule has 1 saturated carbocycles. The minimum absolute atomic E-state index is 0.0563. The number of thioether (sulfide) groups is 1. The van der Waals surface area contributed by atoms with Gasteiger partial charge < -0.3 is 13.5 Å². The summed E-state index contributed by atoms with van der Waals surface area (Å²) in [6, 6.07) is -1.23. The van der Waals surface area contributed by atoms with Crippen LogP contribution in [-0.4, -0.2) is 63.3 Å². The van der Waals surface area contributed by atoms with Crippen LogP contribution in [0.4, 0.5) is 18.0 Å². The molecule has 2 atom stereocenters. The topological polar surface area (TPSA) is 121 Å². The maximum Gasteiger partial charge on any atom is 0.534 e. The van der Waals surface area contributed by atoms with Crippen LogP contribution in [0.3, 0.4) is 0 Å². The molecule has 10 nitrogen and oxygen atoms in total. The van der Waals surface area contributed by atoms with Gasteiger partial charge in [-0.3, -0.25) is 4.79 Å². The standard InChI is InChI=1S/C20H23F3N4O6S2/c1-19(2,3)32-18(29)27-12-8-6-5-7-11(12)26-13(16(27)28)14(33-35(30,31)20(21,22)23)10-9-24-17(34-4)25-15(10)26/h9,11-12H,5-8H2,1-4H3/t11-,12-/m1/s1. The van der Waals surface area contributed by atoms with E-state index in [1.54, 1.807) is 27.0 Å². The molecule has 0 bridgehead atoms. The van der Waals surface area contributed by atoms with Crippen LogP contribution in [0.15, 0.2) is 11.4 Å². The summed E-state index contributed by atoms with van der Waals surface area (Å²) in [4.78, 5) is 36.0. The molecule has 0 aromatic carbocycles. The van der Waals surface area contributed by atoms with Gasteiger partial charge in [0.25, 0.3) is 5.91 Å². The maximum atomic E-state index is 13.7. The second kappa shape index (κ2) is 8.54. The van der Waals surface area contributed by atoms with E-state index in [1.165, 1.54) is 4.57 Å².